The fourth-order valence-electron chi connectivity index (χ4n) is 4.74. The first-order chi connectivity index (χ1) is 16.6. The number of likely N-dealkylation sites (tertiary alicyclic amines) is 1. The quantitative estimate of drug-likeness (QED) is 0.516. The molecule has 1 N–H and O–H groups in total. The smallest absolute Gasteiger partial charge is 0.250 e. The van der Waals surface area contributed by atoms with E-state index in [0.717, 1.165) is 60.5 Å². The molecule has 2 aliphatic rings. The Labute approximate surface area is 222 Å². The van der Waals surface area contributed by atoms with Gasteiger partial charge in [0.05, 0.1) is 28.5 Å². The van der Waals surface area contributed by atoms with Gasteiger partial charge in [0.2, 0.25) is 0 Å². The van der Waals surface area contributed by atoms with E-state index in [-0.39, 0.29) is 30.4 Å². The zero-order valence-corrected chi connectivity index (χ0v) is 21.7. The monoisotopic (exact) mass is 532 g/mol. The molecule has 1 saturated heterocycles. The average Bonchev–Trinajstić information content (AvgIpc) is 2.88. The highest BCUT2D eigenvalue weighted by molar-refractivity contribution is 5.85. The molecule has 5 heterocycles. The van der Waals surface area contributed by atoms with Crippen LogP contribution in [0.2, 0.25) is 0 Å². The summed E-state index contributed by atoms with van der Waals surface area (Å²) in [6.45, 7) is 4.64. The van der Waals surface area contributed by atoms with Crippen molar-refractivity contribution in [1.82, 2.24) is 24.8 Å². The third-order valence-electron chi connectivity index (χ3n) is 6.68. The molecular formula is C25H30Cl2N6O3. The van der Waals surface area contributed by atoms with Gasteiger partial charge in [0.25, 0.3) is 5.56 Å². The van der Waals surface area contributed by atoms with E-state index in [1.807, 2.05) is 6.07 Å². The van der Waals surface area contributed by atoms with E-state index in [1.165, 1.54) is 6.07 Å². The van der Waals surface area contributed by atoms with E-state index in [4.69, 9.17) is 9.47 Å². The molecule has 3 aromatic heterocycles. The number of rotatable bonds is 6. The molecule has 0 spiro atoms. The minimum Gasteiger partial charge on any atom is -0.486 e. The highest BCUT2D eigenvalue weighted by atomic mass is 35.5. The van der Waals surface area contributed by atoms with Gasteiger partial charge in [0, 0.05) is 44.5 Å². The van der Waals surface area contributed by atoms with Gasteiger partial charge >= 0.3 is 0 Å². The molecule has 36 heavy (non-hydrogen) atoms. The lowest BCUT2D eigenvalue weighted by Crippen LogP contribution is -2.43. The summed E-state index contributed by atoms with van der Waals surface area (Å²) in [6, 6.07) is 7.89. The van der Waals surface area contributed by atoms with Crippen LogP contribution < -0.4 is 20.3 Å². The minimum atomic E-state index is -0.0926. The lowest BCUT2D eigenvalue weighted by molar-refractivity contribution is 0.170. The topological polar surface area (TPSA) is 105 Å². The number of piperidine rings is 1. The molecule has 2 aliphatic heterocycles. The van der Waals surface area contributed by atoms with Gasteiger partial charge in [0.1, 0.15) is 19.3 Å². The van der Waals surface area contributed by atoms with Gasteiger partial charge in [-0.05, 0) is 44.0 Å². The van der Waals surface area contributed by atoms with Gasteiger partial charge < -0.3 is 24.3 Å². The van der Waals surface area contributed by atoms with Gasteiger partial charge in [-0.1, -0.05) is 0 Å². The van der Waals surface area contributed by atoms with Gasteiger partial charge in [0.15, 0.2) is 11.5 Å². The van der Waals surface area contributed by atoms with Crippen LogP contribution in [0.25, 0.3) is 11.0 Å². The van der Waals surface area contributed by atoms with Crippen LogP contribution >= 0.6 is 24.8 Å². The van der Waals surface area contributed by atoms with Crippen LogP contribution in [0.5, 0.6) is 11.5 Å². The molecule has 1 fully saturated rings. The summed E-state index contributed by atoms with van der Waals surface area (Å²) in [4.78, 5) is 23.4. The third kappa shape index (κ3) is 5.90. The highest BCUT2D eigenvalue weighted by Crippen LogP contribution is 2.29. The molecule has 0 aromatic carbocycles. The molecule has 192 valence electrons. The summed E-state index contributed by atoms with van der Waals surface area (Å²) >= 11 is 0. The third-order valence-corrected chi connectivity index (χ3v) is 6.68. The number of nitrogens with one attached hydrogen (secondary N) is 1. The predicted octanol–water partition coefficient (Wildman–Crippen LogP) is 2.61. The Balaban J connectivity index is 0.00000180. The van der Waals surface area contributed by atoms with Gasteiger partial charge in [-0.2, -0.15) is 5.26 Å². The molecule has 0 atom stereocenters. The maximum atomic E-state index is 12.2. The van der Waals surface area contributed by atoms with E-state index in [9.17, 15) is 10.1 Å². The number of ether oxygens (including phenoxy) is 2. The molecule has 0 amide bonds. The number of pyridine rings is 3. The van der Waals surface area contributed by atoms with Gasteiger partial charge in [-0.25, -0.2) is 0 Å². The molecular weight excluding hydrogens is 503 g/mol. The van der Waals surface area contributed by atoms with Crippen LogP contribution in [0.1, 0.15) is 29.7 Å². The Morgan fingerprint density at radius 1 is 1.11 bits per heavy atom. The van der Waals surface area contributed by atoms with Crippen LogP contribution in [0.15, 0.2) is 35.4 Å². The molecule has 0 aliphatic carbocycles. The molecule has 3 aromatic rings. The molecule has 0 radical (unpaired) electrons. The molecule has 5 rings (SSSR count). The number of halogens is 2. The average molecular weight is 533 g/mol. The first-order valence-corrected chi connectivity index (χ1v) is 11.7. The fourth-order valence-corrected chi connectivity index (χ4v) is 4.74. The van der Waals surface area contributed by atoms with Crippen molar-refractivity contribution in [2.75, 3.05) is 32.8 Å². The second kappa shape index (κ2) is 12.4. The normalized spacial score (nSPS) is 15.6. The summed E-state index contributed by atoms with van der Waals surface area (Å²) in [5.74, 6) is 1.48. The number of aromatic nitrogens is 3. The van der Waals surface area contributed by atoms with Crippen molar-refractivity contribution in [2.24, 2.45) is 7.05 Å². The van der Waals surface area contributed by atoms with E-state index in [0.29, 0.717) is 43.5 Å². The van der Waals surface area contributed by atoms with Crippen LogP contribution in [0.3, 0.4) is 0 Å². The van der Waals surface area contributed by atoms with E-state index in [1.54, 1.807) is 30.1 Å². The predicted molar refractivity (Wildman–Crippen MR) is 141 cm³/mol. The van der Waals surface area contributed by atoms with Crippen molar-refractivity contribution in [3.63, 3.8) is 0 Å². The number of nitriles is 1. The SMILES string of the molecule is Cl.Cl.Cn1c(=O)ccc2ncc(C#N)c(CCN3CCC(NCc4cc5c(cn4)OCCO5)CC3)c21. The minimum absolute atomic E-state index is 0. The van der Waals surface area contributed by atoms with Gasteiger partial charge in [-0.15, -0.1) is 24.8 Å². The molecule has 9 nitrogen and oxygen atoms in total. The van der Waals surface area contributed by atoms with Crippen LogP contribution in [-0.4, -0.2) is 58.3 Å². The summed E-state index contributed by atoms with van der Waals surface area (Å²) in [5, 5.41) is 13.2. The van der Waals surface area contributed by atoms with Crippen molar-refractivity contribution in [1.29, 1.82) is 5.26 Å². The summed E-state index contributed by atoms with van der Waals surface area (Å²) < 4.78 is 12.8. The summed E-state index contributed by atoms with van der Waals surface area (Å²) in [6.07, 6.45) is 6.15. The Bertz CT molecular complexity index is 1300. The van der Waals surface area contributed by atoms with Gasteiger partial charge in [-0.3, -0.25) is 14.8 Å². The highest BCUT2D eigenvalue weighted by Gasteiger charge is 2.21. The van der Waals surface area contributed by atoms with Crippen LogP contribution in [0.4, 0.5) is 0 Å². The Hall–Kier alpha value is -2.90. The number of hydrogen-bond acceptors (Lipinski definition) is 8. The van der Waals surface area contributed by atoms with Crippen molar-refractivity contribution >= 4 is 35.8 Å². The Morgan fingerprint density at radius 3 is 2.61 bits per heavy atom. The Kier molecular flexibility index (Phi) is 9.51. The van der Waals surface area contributed by atoms with E-state index >= 15 is 0 Å². The van der Waals surface area contributed by atoms with Crippen LogP contribution in [-0.2, 0) is 20.0 Å². The number of nitrogens with zero attached hydrogens (tertiary/aromatic N) is 5. The first-order valence-electron chi connectivity index (χ1n) is 11.7. The van der Waals surface area contributed by atoms with Crippen molar-refractivity contribution in [2.45, 2.75) is 31.8 Å². The second-order valence-electron chi connectivity index (χ2n) is 8.79. The van der Waals surface area contributed by atoms with Crippen molar-refractivity contribution < 1.29 is 9.47 Å². The van der Waals surface area contributed by atoms with Crippen LogP contribution in [0, 0.1) is 11.3 Å². The largest absolute Gasteiger partial charge is 0.486 e. The van der Waals surface area contributed by atoms with Crippen molar-refractivity contribution in [3.8, 4) is 17.6 Å². The lowest BCUT2D eigenvalue weighted by atomic mass is 10.0. The molecule has 0 unspecified atom stereocenters. The van der Waals surface area contributed by atoms with E-state index < -0.39 is 0 Å². The fraction of sp³-hybridized carbons (Fsp3) is 0.440. The summed E-state index contributed by atoms with van der Waals surface area (Å²) in [7, 11) is 1.74. The molecule has 0 bridgehead atoms. The lowest BCUT2D eigenvalue weighted by Gasteiger charge is -2.32. The summed E-state index contributed by atoms with van der Waals surface area (Å²) in [5.41, 5.74) is 3.80. The number of hydrogen-bond donors (Lipinski definition) is 1. The number of fused-ring (bicyclic) bond motifs is 2. The molecule has 0 saturated carbocycles. The number of aryl methyl sites for hydroxylation is 1. The zero-order chi connectivity index (χ0) is 23.5. The Morgan fingerprint density at radius 2 is 1.86 bits per heavy atom. The second-order valence-corrected chi connectivity index (χ2v) is 8.79. The first kappa shape index (κ1) is 27.7. The van der Waals surface area contributed by atoms with Crippen molar-refractivity contribution in [3.05, 3.63) is 57.8 Å². The maximum absolute atomic E-state index is 12.2. The van der Waals surface area contributed by atoms with E-state index in [2.05, 4.69) is 26.3 Å². The molecule has 11 heteroatoms. The maximum Gasteiger partial charge on any atom is 0.250 e. The standard InChI is InChI=1S/C25H28N6O3.2ClH/c1-30-24(32)3-2-21-25(30)20(17(13-26)14-29-21)6-9-31-7-4-18(5-8-31)27-15-19-12-22-23(16-28-19)34-11-10-33-22;;/h2-3,12,14,16,18,27H,4-11,15H2,1H3;2*1H. The zero-order valence-electron chi connectivity index (χ0n) is 20.1.